The first-order valence-corrected chi connectivity index (χ1v) is 5.47. The molecule has 0 heterocycles. The number of ether oxygens (including phenoxy) is 1. The minimum absolute atomic E-state index is 0.132. The molecule has 98 valence electrons. The van der Waals surface area contributed by atoms with Crippen molar-refractivity contribution in [3.8, 4) is 0 Å². The normalized spacial score (nSPS) is 11.2. The molecule has 18 heavy (non-hydrogen) atoms. The van der Waals surface area contributed by atoms with Crippen LogP contribution in [0.3, 0.4) is 0 Å². The Labute approximate surface area is 104 Å². The van der Waals surface area contributed by atoms with Gasteiger partial charge < -0.3 is 4.74 Å². The van der Waals surface area contributed by atoms with Gasteiger partial charge in [-0.1, -0.05) is 0 Å². The second-order valence-corrected chi connectivity index (χ2v) is 4.33. The fraction of sp³-hybridized carbons (Fsp3) is 0.385. The van der Waals surface area contributed by atoms with Gasteiger partial charge in [-0.15, -0.1) is 0 Å². The van der Waals surface area contributed by atoms with E-state index in [9.17, 15) is 18.4 Å². The molecule has 0 amide bonds. The van der Waals surface area contributed by atoms with Crippen LogP contribution in [0, 0.1) is 17.0 Å². The Morgan fingerprint density at radius 1 is 1.17 bits per heavy atom. The summed E-state index contributed by atoms with van der Waals surface area (Å²) in [6, 6.07) is 2.45. The predicted octanol–water partition coefficient (Wildman–Crippen LogP) is 2.74. The maximum Gasteiger partial charge on any atom is 0.319 e. The van der Waals surface area contributed by atoms with Crippen molar-refractivity contribution in [3.63, 3.8) is 0 Å². The lowest BCUT2D eigenvalue weighted by atomic mass is 9.84. The van der Waals surface area contributed by atoms with Gasteiger partial charge in [-0.05, 0) is 32.9 Å². The number of Topliss-reactive ketones (excluding diaryl/α,β-unsaturated/α-hetero) is 1. The average molecular weight is 256 g/mol. The Bertz CT molecular complexity index is 461. The van der Waals surface area contributed by atoms with Gasteiger partial charge in [0.05, 0.1) is 6.61 Å². The van der Waals surface area contributed by atoms with Crippen molar-refractivity contribution in [2.75, 3.05) is 6.61 Å². The number of halogens is 2. The summed E-state index contributed by atoms with van der Waals surface area (Å²) < 4.78 is 30.8. The minimum atomic E-state index is -1.48. The fourth-order valence-corrected chi connectivity index (χ4v) is 1.45. The van der Waals surface area contributed by atoms with Crippen molar-refractivity contribution in [2.45, 2.75) is 20.8 Å². The number of hydrogen-bond donors (Lipinski definition) is 0. The van der Waals surface area contributed by atoms with Gasteiger partial charge >= 0.3 is 5.97 Å². The summed E-state index contributed by atoms with van der Waals surface area (Å²) in [6.45, 7) is 4.46. The highest BCUT2D eigenvalue weighted by Crippen LogP contribution is 2.24. The molecule has 0 fully saturated rings. The molecule has 1 aromatic carbocycles. The van der Waals surface area contributed by atoms with Crippen molar-refractivity contribution >= 4 is 11.8 Å². The molecule has 0 unspecified atom stereocenters. The molecule has 0 bridgehead atoms. The monoisotopic (exact) mass is 256 g/mol. The van der Waals surface area contributed by atoms with Crippen LogP contribution in [0.5, 0.6) is 0 Å². The van der Waals surface area contributed by atoms with Gasteiger partial charge in [-0.3, -0.25) is 9.59 Å². The molecule has 0 aliphatic carbocycles. The fourth-order valence-electron chi connectivity index (χ4n) is 1.45. The van der Waals surface area contributed by atoms with E-state index in [0.29, 0.717) is 6.07 Å². The van der Waals surface area contributed by atoms with Gasteiger partial charge in [0.1, 0.15) is 17.0 Å². The summed E-state index contributed by atoms with van der Waals surface area (Å²) in [4.78, 5) is 23.7. The third-order valence-corrected chi connectivity index (χ3v) is 2.48. The summed E-state index contributed by atoms with van der Waals surface area (Å²) >= 11 is 0. The van der Waals surface area contributed by atoms with Crippen LogP contribution in [0.2, 0.25) is 0 Å². The number of ketones is 1. The number of rotatable bonds is 4. The van der Waals surface area contributed by atoms with Gasteiger partial charge in [0.25, 0.3) is 0 Å². The highest BCUT2D eigenvalue weighted by Gasteiger charge is 2.38. The van der Waals surface area contributed by atoms with Crippen molar-refractivity contribution < 1.29 is 23.1 Å². The molecule has 0 saturated heterocycles. The lowest BCUT2D eigenvalue weighted by Crippen LogP contribution is -2.35. The van der Waals surface area contributed by atoms with Crippen LogP contribution >= 0.6 is 0 Å². The van der Waals surface area contributed by atoms with Crippen molar-refractivity contribution in [2.24, 2.45) is 5.41 Å². The molecular weight excluding hydrogens is 242 g/mol. The molecule has 0 radical (unpaired) electrons. The average Bonchev–Trinajstić information content (AvgIpc) is 2.26. The second-order valence-electron chi connectivity index (χ2n) is 4.33. The van der Waals surface area contributed by atoms with Gasteiger partial charge in [-0.2, -0.15) is 0 Å². The molecule has 3 nitrogen and oxygen atoms in total. The Morgan fingerprint density at radius 3 is 2.11 bits per heavy atom. The quantitative estimate of drug-likeness (QED) is 0.472. The lowest BCUT2D eigenvalue weighted by Gasteiger charge is -2.20. The summed E-state index contributed by atoms with van der Waals surface area (Å²) in [5.41, 5.74) is -1.67. The number of carbonyl (C=O) groups is 2. The number of hydrogen-bond acceptors (Lipinski definition) is 3. The van der Waals surface area contributed by atoms with Gasteiger partial charge in [0.2, 0.25) is 0 Å². The zero-order valence-electron chi connectivity index (χ0n) is 10.4. The largest absolute Gasteiger partial charge is 0.465 e. The van der Waals surface area contributed by atoms with E-state index in [0.717, 1.165) is 12.1 Å². The maximum atomic E-state index is 13.0. The molecule has 1 aromatic rings. The van der Waals surface area contributed by atoms with E-state index in [1.54, 1.807) is 6.92 Å². The molecule has 5 heteroatoms. The van der Waals surface area contributed by atoms with Crippen LogP contribution in [-0.2, 0) is 9.53 Å². The van der Waals surface area contributed by atoms with Crippen LogP contribution in [-0.4, -0.2) is 18.4 Å². The van der Waals surface area contributed by atoms with E-state index in [1.807, 2.05) is 0 Å². The molecule has 0 atom stereocenters. The van der Waals surface area contributed by atoms with Crippen molar-refractivity contribution in [1.29, 1.82) is 0 Å². The number of carbonyl (C=O) groups excluding carboxylic acids is 2. The third-order valence-electron chi connectivity index (χ3n) is 2.48. The number of benzene rings is 1. The van der Waals surface area contributed by atoms with Crippen LogP contribution in [0.15, 0.2) is 18.2 Å². The molecule has 1 rings (SSSR count). The predicted molar refractivity (Wildman–Crippen MR) is 61.1 cm³/mol. The van der Waals surface area contributed by atoms with Gasteiger partial charge in [0.15, 0.2) is 5.78 Å². The van der Waals surface area contributed by atoms with Crippen LogP contribution in [0.25, 0.3) is 0 Å². The summed E-state index contributed by atoms with van der Waals surface area (Å²) in [7, 11) is 0. The first-order chi connectivity index (χ1) is 8.28. The third kappa shape index (κ3) is 2.91. The highest BCUT2D eigenvalue weighted by atomic mass is 19.1. The molecule has 0 N–H and O–H groups in total. The molecular formula is C13H14F2O3. The van der Waals surface area contributed by atoms with Crippen molar-refractivity contribution in [3.05, 3.63) is 35.4 Å². The number of esters is 1. The standard InChI is InChI=1S/C13H14F2O3/c1-4-18-12(17)13(2,3)11(16)8-5-9(14)7-10(15)6-8/h5-7H,4H2,1-3H3. The second kappa shape index (κ2) is 5.25. The molecule has 0 spiro atoms. The van der Waals surface area contributed by atoms with Crippen LogP contribution in [0.1, 0.15) is 31.1 Å². The minimum Gasteiger partial charge on any atom is -0.465 e. The van der Waals surface area contributed by atoms with E-state index < -0.39 is 28.8 Å². The highest BCUT2D eigenvalue weighted by molar-refractivity contribution is 6.11. The maximum absolute atomic E-state index is 13.0. The first kappa shape index (κ1) is 14.3. The molecule has 0 aliphatic rings. The van der Waals surface area contributed by atoms with E-state index in [2.05, 4.69) is 0 Å². The molecule has 0 aromatic heterocycles. The Morgan fingerprint density at radius 2 is 1.67 bits per heavy atom. The Kier molecular flexibility index (Phi) is 4.16. The zero-order chi connectivity index (χ0) is 13.9. The SMILES string of the molecule is CCOC(=O)C(C)(C)C(=O)c1cc(F)cc(F)c1. The first-order valence-electron chi connectivity index (χ1n) is 5.47. The van der Waals surface area contributed by atoms with Crippen LogP contribution < -0.4 is 0 Å². The van der Waals surface area contributed by atoms with Gasteiger partial charge in [0, 0.05) is 11.6 Å². The lowest BCUT2D eigenvalue weighted by molar-refractivity contribution is -0.150. The Balaban J connectivity index is 3.09. The van der Waals surface area contributed by atoms with E-state index in [4.69, 9.17) is 4.74 Å². The topological polar surface area (TPSA) is 43.4 Å². The molecule has 0 aliphatic heterocycles. The zero-order valence-corrected chi connectivity index (χ0v) is 10.4. The van der Waals surface area contributed by atoms with E-state index in [-0.39, 0.29) is 12.2 Å². The summed E-state index contributed by atoms with van der Waals surface area (Å²) in [6.07, 6.45) is 0. The Hall–Kier alpha value is -1.78. The smallest absolute Gasteiger partial charge is 0.319 e. The molecule has 0 saturated carbocycles. The van der Waals surface area contributed by atoms with Crippen molar-refractivity contribution in [1.82, 2.24) is 0 Å². The summed E-state index contributed by atoms with van der Waals surface area (Å²) in [5.74, 6) is -3.13. The summed E-state index contributed by atoms with van der Waals surface area (Å²) in [5, 5.41) is 0. The van der Waals surface area contributed by atoms with Gasteiger partial charge in [-0.25, -0.2) is 8.78 Å². The van der Waals surface area contributed by atoms with E-state index in [1.165, 1.54) is 13.8 Å². The van der Waals surface area contributed by atoms with Crippen LogP contribution in [0.4, 0.5) is 8.78 Å². The van der Waals surface area contributed by atoms with E-state index >= 15 is 0 Å².